The monoisotopic (exact) mass is 713 g/mol. The van der Waals surface area contributed by atoms with Gasteiger partial charge in [0.25, 0.3) is 5.91 Å². The van der Waals surface area contributed by atoms with Crippen molar-refractivity contribution in [2.45, 2.75) is 85.4 Å². The molecule has 47 heavy (non-hydrogen) atoms. The number of ether oxygens (including phenoxy) is 2. The summed E-state index contributed by atoms with van der Waals surface area (Å²) >= 11 is 3.34. The number of amides is 1. The molecule has 1 saturated heterocycles. The summed E-state index contributed by atoms with van der Waals surface area (Å²) in [5.41, 5.74) is 1.50. The number of Topliss-reactive ketones (excluding diaryl/α,β-unsaturated/α-hetero) is 1. The lowest BCUT2D eigenvalue weighted by atomic mass is 9.76. The first-order valence-electron chi connectivity index (χ1n) is 16.0. The summed E-state index contributed by atoms with van der Waals surface area (Å²) in [5, 5.41) is 7.30. The van der Waals surface area contributed by atoms with Gasteiger partial charge in [-0.05, 0) is 89.5 Å². The van der Waals surface area contributed by atoms with Crippen molar-refractivity contribution in [2.75, 3.05) is 31.1 Å². The lowest BCUT2D eigenvalue weighted by Crippen LogP contribution is -2.41. The number of allylic oxidation sites excluding steroid dienone is 1. The number of benzene rings is 1. The number of carbonyl (C=O) groups is 3. The molecule has 3 heterocycles. The molecule has 0 aliphatic carbocycles. The van der Waals surface area contributed by atoms with E-state index in [0.29, 0.717) is 45.8 Å². The van der Waals surface area contributed by atoms with Crippen molar-refractivity contribution in [1.82, 2.24) is 19.9 Å². The van der Waals surface area contributed by atoms with Gasteiger partial charge in [0.1, 0.15) is 11.6 Å². The number of fused-ring (bicyclic) bond motifs is 1. The average molecular weight is 715 g/mol. The number of esters is 1. The predicted octanol–water partition coefficient (Wildman–Crippen LogP) is 6.47. The summed E-state index contributed by atoms with van der Waals surface area (Å²) in [6, 6.07) is 5.69. The van der Waals surface area contributed by atoms with Crippen LogP contribution in [0.1, 0.15) is 93.7 Å². The number of piperidine rings is 1. The van der Waals surface area contributed by atoms with E-state index < -0.39 is 29.4 Å². The van der Waals surface area contributed by atoms with E-state index in [-0.39, 0.29) is 36.5 Å². The van der Waals surface area contributed by atoms with Gasteiger partial charge in [0, 0.05) is 35.7 Å². The summed E-state index contributed by atoms with van der Waals surface area (Å²) in [4.78, 5) is 46.4. The van der Waals surface area contributed by atoms with Crippen molar-refractivity contribution in [3.05, 3.63) is 69.7 Å². The Morgan fingerprint density at radius 3 is 2.55 bits per heavy atom. The van der Waals surface area contributed by atoms with Crippen LogP contribution in [0.15, 0.2) is 41.4 Å². The second-order valence-corrected chi connectivity index (χ2v) is 14.2. The van der Waals surface area contributed by atoms with E-state index in [4.69, 9.17) is 14.5 Å². The Labute approximate surface area is 284 Å². The minimum absolute atomic E-state index is 0.0538. The lowest BCUT2D eigenvalue weighted by molar-refractivity contribution is -0.166. The molecule has 1 fully saturated rings. The fourth-order valence-corrected chi connectivity index (χ4v) is 6.20. The molecule has 1 aliphatic rings. The van der Waals surface area contributed by atoms with E-state index in [2.05, 4.69) is 44.7 Å². The number of aryl methyl sites for hydroxylation is 1. The molecule has 0 unspecified atom stereocenters. The Hall–Kier alpha value is -3.64. The molecule has 1 atom stereocenters. The molecule has 3 aromatic rings. The first kappa shape index (κ1) is 36.2. The van der Waals surface area contributed by atoms with Crippen LogP contribution in [0.4, 0.5) is 10.2 Å². The number of hydrogen-bond donors (Lipinski definition) is 1. The van der Waals surface area contributed by atoms with Crippen LogP contribution < -0.4 is 10.2 Å². The maximum atomic E-state index is 13.7. The SMILES string of the molecule is C=CCCC1(C)CCN(c2c([C@H](OC(C)(C)C)C(=O)OCC)c(C)nc3cc(C(=O)NCC(=O)Cc4cc(F)ccc4Br)nn23)CC1. The minimum atomic E-state index is -1.09. The summed E-state index contributed by atoms with van der Waals surface area (Å²) in [7, 11) is 0. The summed E-state index contributed by atoms with van der Waals surface area (Å²) in [6.45, 7) is 16.6. The fraction of sp³-hybridized carbons (Fsp3) is 0.514. The van der Waals surface area contributed by atoms with Crippen LogP contribution in [0, 0.1) is 18.2 Å². The highest BCUT2D eigenvalue weighted by Crippen LogP contribution is 2.41. The molecule has 1 amide bonds. The lowest BCUT2D eigenvalue weighted by Gasteiger charge is -2.41. The topological polar surface area (TPSA) is 115 Å². The quantitative estimate of drug-likeness (QED) is 0.158. The number of aromatic nitrogens is 3. The largest absolute Gasteiger partial charge is 0.464 e. The molecule has 2 aromatic heterocycles. The van der Waals surface area contributed by atoms with Crippen LogP contribution in [0.3, 0.4) is 0 Å². The van der Waals surface area contributed by atoms with Crippen molar-refractivity contribution in [1.29, 1.82) is 0 Å². The van der Waals surface area contributed by atoms with Gasteiger partial charge in [0.15, 0.2) is 23.2 Å². The molecule has 254 valence electrons. The third-order valence-electron chi connectivity index (χ3n) is 8.33. The summed E-state index contributed by atoms with van der Waals surface area (Å²) in [5.74, 6) is -1.22. The highest BCUT2D eigenvalue weighted by molar-refractivity contribution is 9.10. The molecule has 0 saturated carbocycles. The van der Waals surface area contributed by atoms with Crippen LogP contribution >= 0.6 is 15.9 Å². The van der Waals surface area contributed by atoms with Gasteiger partial charge in [-0.15, -0.1) is 6.58 Å². The Bertz CT molecular complexity index is 1640. The molecule has 1 N–H and O–H groups in total. The zero-order chi connectivity index (χ0) is 34.5. The van der Waals surface area contributed by atoms with E-state index in [1.54, 1.807) is 17.5 Å². The van der Waals surface area contributed by atoms with Gasteiger partial charge in [-0.1, -0.05) is 28.9 Å². The number of nitrogens with zero attached hydrogens (tertiary/aromatic N) is 4. The van der Waals surface area contributed by atoms with Crippen molar-refractivity contribution < 1.29 is 28.2 Å². The molecule has 1 aliphatic heterocycles. The third-order valence-corrected chi connectivity index (χ3v) is 9.11. The highest BCUT2D eigenvalue weighted by atomic mass is 79.9. The molecule has 12 heteroatoms. The number of hydrogen-bond acceptors (Lipinski definition) is 8. The van der Waals surface area contributed by atoms with Crippen molar-refractivity contribution in [3.63, 3.8) is 0 Å². The van der Waals surface area contributed by atoms with Crippen LogP contribution in [0.25, 0.3) is 5.65 Å². The van der Waals surface area contributed by atoms with Crippen molar-refractivity contribution >= 4 is 45.1 Å². The van der Waals surface area contributed by atoms with Crippen LogP contribution in [-0.4, -0.2) is 64.1 Å². The van der Waals surface area contributed by atoms with Gasteiger partial charge in [0.05, 0.1) is 24.3 Å². The fourth-order valence-electron chi connectivity index (χ4n) is 5.82. The molecule has 4 rings (SSSR count). The van der Waals surface area contributed by atoms with Gasteiger partial charge in [0.2, 0.25) is 0 Å². The Kier molecular flexibility index (Phi) is 11.6. The number of anilines is 1. The molecule has 10 nitrogen and oxygen atoms in total. The van der Waals surface area contributed by atoms with Crippen LogP contribution in [-0.2, 0) is 25.5 Å². The van der Waals surface area contributed by atoms with Gasteiger partial charge >= 0.3 is 5.97 Å². The summed E-state index contributed by atoms with van der Waals surface area (Å²) < 4.78 is 27.7. The zero-order valence-electron chi connectivity index (χ0n) is 28.1. The molecule has 0 bridgehead atoms. The molecular weight excluding hydrogens is 669 g/mol. The summed E-state index contributed by atoms with van der Waals surface area (Å²) in [6.07, 6.45) is 4.59. The first-order chi connectivity index (χ1) is 22.1. The molecule has 1 aromatic carbocycles. The number of carbonyl (C=O) groups excluding carboxylic acids is 3. The van der Waals surface area contributed by atoms with Gasteiger partial charge in [-0.3, -0.25) is 9.59 Å². The van der Waals surface area contributed by atoms with Crippen LogP contribution in [0.5, 0.6) is 0 Å². The van der Waals surface area contributed by atoms with E-state index in [9.17, 15) is 18.8 Å². The second kappa shape index (κ2) is 15.1. The van der Waals surface area contributed by atoms with Gasteiger partial charge < -0.3 is 19.7 Å². The molecular formula is C35H45BrFN5O5. The predicted molar refractivity (Wildman–Crippen MR) is 182 cm³/mol. The minimum Gasteiger partial charge on any atom is -0.464 e. The smallest absolute Gasteiger partial charge is 0.340 e. The highest BCUT2D eigenvalue weighted by Gasteiger charge is 2.38. The van der Waals surface area contributed by atoms with Crippen LogP contribution in [0.2, 0.25) is 0 Å². The number of halogens is 2. The third kappa shape index (κ3) is 9.04. The Morgan fingerprint density at radius 2 is 1.91 bits per heavy atom. The number of rotatable bonds is 13. The zero-order valence-corrected chi connectivity index (χ0v) is 29.7. The van der Waals surface area contributed by atoms with Gasteiger partial charge in [-0.2, -0.15) is 9.61 Å². The first-order valence-corrected chi connectivity index (χ1v) is 16.8. The number of ketones is 1. The van der Waals surface area contributed by atoms with Crippen molar-refractivity contribution in [3.8, 4) is 0 Å². The maximum Gasteiger partial charge on any atom is 0.340 e. The average Bonchev–Trinajstić information content (AvgIpc) is 3.43. The molecule has 0 spiro atoms. The Morgan fingerprint density at radius 1 is 1.21 bits per heavy atom. The number of nitrogens with one attached hydrogen (secondary N) is 1. The Balaban J connectivity index is 1.70. The normalized spacial score (nSPS) is 15.4. The van der Waals surface area contributed by atoms with E-state index >= 15 is 0 Å². The van der Waals surface area contributed by atoms with E-state index in [0.717, 1.165) is 25.7 Å². The van der Waals surface area contributed by atoms with E-state index in [1.165, 1.54) is 18.2 Å². The van der Waals surface area contributed by atoms with Gasteiger partial charge in [-0.25, -0.2) is 14.2 Å². The standard InChI is InChI=1S/C35H45BrFN5O5/c1-8-10-13-35(7)14-16-41(17-15-35)32-29(30(33(45)46-9-2)47-34(4,5)6)22(3)39-28-20-27(40-42(28)32)31(44)38-21-25(43)19-23-18-24(37)11-12-26(23)36/h8,11-12,18,20,30H,1,9-10,13-17,19,21H2,2-7H3,(H,38,44)/t30-/m0/s1. The molecule has 0 radical (unpaired) electrons. The van der Waals surface area contributed by atoms with E-state index in [1.807, 2.05) is 33.8 Å². The maximum absolute atomic E-state index is 13.7. The van der Waals surface area contributed by atoms with Crippen molar-refractivity contribution in [2.24, 2.45) is 5.41 Å². The second-order valence-electron chi connectivity index (χ2n) is 13.4.